The molecule has 0 aliphatic carbocycles. The van der Waals surface area contributed by atoms with Crippen molar-refractivity contribution < 1.29 is 26.9 Å². The largest absolute Gasteiger partial charge is 0.370 e. The first kappa shape index (κ1) is 23.3. The number of ether oxygens (including phenoxy) is 1. The van der Waals surface area contributed by atoms with Gasteiger partial charge in [0.25, 0.3) is 10.1 Å². The normalized spacial score (nSPS) is 13.8. The molecule has 8 heteroatoms. The van der Waals surface area contributed by atoms with E-state index in [4.69, 9.17) is 4.74 Å². The Hall–Kier alpha value is -1.77. The molecule has 7 nitrogen and oxygen atoms in total. The quantitative estimate of drug-likeness (QED) is 0.428. The lowest BCUT2D eigenvalue weighted by Gasteiger charge is -2.29. The Morgan fingerprint density at radius 2 is 1.78 bits per heavy atom. The van der Waals surface area contributed by atoms with Crippen molar-refractivity contribution in [1.29, 1.82) is 0 Å². The third-order valence-electron chi connectivity index (χ3n) is 4.56. The Kier molecular flexibility index (Phi) is 9.08. The minimum Gasteiger partial charge on any atom is -0.370 e. The van der Waals surface area contributed by atoms with Gasteiger partial charge in [-0.05, 0) is 25.5 Å². The van der Waals surface area contributed by atoms with E-state index in [2.05, 4.69) is 16.4 Å². The molecule has 1 N–H and O–H groups in total. The van der Waals surface area contributed by atoms with Crippen LogP contribution in [0.25, 0.3) is 0 Å². The predicted octanol–water partition coefficient (Wildman–Crippen LogP) is 3.29. The van der Waals surface area contributed by atoms with Crippen LogP contribution >= 0.6 is 0 Å². The van der Waals surface area contributed by atoms with Crippen molar-refractivity contribution in [2.24, 2.45) is 0 Å². The number of unbranched alkanes of at least 4 members (excludes halogenated alkanes) is 3. The van der Waals surface area contributed by atoms with Crippen LogP contribution < -0.4 is 5.32 Å². The first-order valence-electron chi connectivity index (χ1n) is 8.98. The lowest BCUT2D eigenvalue weighted by molar-refractivity contribution is -0.145. The van der Waals surface area contributed by atoms with Gasteiger partial charge in [0.05, 0.1) is 19.2 Å². The zero-order valence-corrected chi connectivity index (χ0v) is 17.2. The molecule has 1 atom stereocenters. The van der Waals surface area contributed by atoms with Crippen LogP contribution in [0.3, 0.4) is 0 Å². The molecule has 1 rings (SSSR count). The summed E-state index contributed by atoms with van der Waals surface area (Å²) in [5.41, 5.74) is -1.11. The van der Waals surface area contributed by atoms with Crippen molar-refractivity contribution in [2.45, 2.75) is 62.9 Å². The molecule has 1 unspecified atom stereocenters. The molecule has 152 valence electrons. The summed E-state index contributed by atoms with van der Waals surface area (Å²) in [6.45, 7) is 3.49. The SMILES string of the molecule is CCCCCCC(CC(=O)Nc1ccccc1S(=O)(=O)OC)(OC)C(C)=O. The van der Waals surface area contributed by atoms with E-state index < -0.39 is 21.6 Å². The molecule has 0 aliphatic heterocycles. The van der Waals surface area contributed by atoms with Gasteiger partial charge in [-0.25, -0.2) is 0 Å². The van der Waals surface area contributed by atoms with Gasteiger partial charge >= 0.3 is 0 Å². The average molecular weight is 400 g/mol. The number of hydrogen-bond acceptors (Lipinski definition) is 6. The van der Waals surface area contributed by atoms with Gasteiger partial charge in [0.15, 0.2) is 5.78 Å². The predicted molar refractivity (Wildman–Crippen MR) is 103 cm³/mol. The third-order valence-corrected chi connectivity index (χ3v) is 5.90. The van der Waals surface area contributed by atoms with E-state index in [0.717, 1.165) is 32.8 Å². The van der Waals surface area contributed by atoms with Crippen LogP contribution in [0.2, 0.25) is 0 Å². The highest BCUT2D eigenvalue weighted by Gasteiger charge is 2.37. The molecule has 0 aromatic heterocycles. The highest BCUT2D eigenvalue weighted by Crippen LogP contribution is 2.27. The van der Waals surface area contributed by atoms with E-state index in [-0.39, 0.29) is 22.8 Å². The molecule has 0 saturated carbocycles. The number of ketones is 1. The maximum Gasteiger partial charge on any atom is 0.298 e. The Bertz CT molecular complexity index is 746. The van der Waals surface area contributed by atoms with E-state index in [1.54, 1.807) is 6.07 Å². The third kappa shape index (κ3) is 6.41. The van der Waals surface area contributed by atoms with Crippen LogP contribution in [-0.2, 0) is 28.6 Å². The van der Waals surface area contributed by atoms with Crippen molar-refractivity contribution >= 4 is 27.5 Å². The van der Waals surface area contributed by atoms with Crippen LogP contribution in [0.1, 0.15) is 52.4 Å². The molecule has 1 aromatic carbocycles. The van der Waals surface area contributed by atoms with Crippen LogP contribution in [-0.4, -0.2) is 39.9 Å². The van der Waals surface area contributed by atoms with Crippen LogP contribution in [0.4, 0.5) is 5.69 Å². The number of carbonyl (C=O) groups excluding carboxylic acids is 2. The van der Waals surface area contributed by atoms with E-state index >= 15 is 0 Å². The van der Waals surface area contributed by atoms with E-state index in [9.17, 15) is 18.0 Å². The molecule has 1 amide bonds. The van der Waals surface area contributed by atoms with Crippen molar-refractivity contribution in [3.63, 3.8) is 0 Å². The number of rotatable bonds is 12. The number of Topliss-reactive ketones (excluding diaryl/α,β-unsaturated/α-hetero) is 1. The average Bonchev–Trinajstić information content (AvgIpc) is 2.64. The molecule has 0 fully saturated rings. The van der Waals surface area contributed by atoms with Crippen LogP contribution in [0.5, 0.6) is 0 Å². The van der Waals surface area contributed by atoms with Crippen molar-refractivity contribution in [1.82, 2.24) is 0 Å². The highest BCUT2D eigenvalue weighted by molar-refractivity contribution is 7.87. The first-order chi connectivity index (χ1) is 12.7. The topological polar surface area (TPSA) is 98.8 Å². The summed E-state index contributed by atoms with van der Waals surface area (Å²) in [5.74, 6) is -0.726. The molecular formula is C19H29NO6S. The lowest BCUT2D eigenvalue weighted by atomic mass is 9.88. The number of nitrogens with one attached hydrogen (secondary N) is 1. The molecule has 0 heterocycles. The number of carbonyl (C=O) groups is 2. The molecule has 0 bridgehead atoms. The van der Waals surface area contributed by atoms with Gasteiger partial charge in [-0.3, -0.25) is 13.8 Å². The number of amides is 1. The van der Waals surface area contributed by atoms with Gasteiger partial charge in [0, 0.05) is 7.11 Å². The number of hydrogen-bond donors (Lipinski definition) is 1. The second-order valence-electron chi connectivity index (χ2n) is 6.41. The van der Waals surface area contributed by atoms with Gasteiger partial charge in [-0.1, -0.05) is 44.7 Å². The highest BCUT2D eigenvalue weighted by atomic mass is 32.2. The lowest BCUT2D eigenvalue weighted by Crippen LogP contribution is -2.42. The minimum absolute atomic E-state index is 0.101. The Labute approximate surface area is 161 Å². The minimum atomic E-state index is -3.97. The number of benzene rings is 1. The fraction of sp³-hybridized carbons (Fsp3) is 0.579. The van der Waals surface area contributed by atoms with Gasteiger partial charge in [-0.15, -0.1) is 0 Å². The van der Waals surface area contributed by atoms with Crippen LogP contribution in [0.15, 0.2) is 29.2 Å². The smallest absolute Gasteiger partial charge is 0.298 e. The summed E-state index contributed by atoms with van der Waals surface area (Å²) >= 11 is 0. The van der Waals surface area contributed by atoms with Gasteiger partial charge in [0.1, 0.15) is 10.5 Å². The van der Waals surface area contributed by atoms with Crippen molar-refractivity contribution in [3.8, 4) is 0 Å². The summed E-state index contributed by atoms with van der Waals surface area (Å²) < 4.78 is 34.0. The Morgan fingerprint density at radius 1 is 1.11 bits per heavy atom. The zero-order chi connectivity index (χ0) is 20.5. The summed E-state index contributed by atoms with van der Waals surface area (Å²) in [6, 6.07) is 5.94. The maximum absolute atomic E-state index is 12.6. The molecular weight excluding hydrogens is 370 g/mol. The number of anilines is 1. The monoisotopic (exact) mass is 399 g/mol. The molecule has 27 heavy (non-hydrogen) atoms. The van der Waals surface area contributed by atoms with Gasteiger partial charge in [-0.2, -0.15) is 8.42 Å². The summed E-state index contributed by atoms with van der Waals surface area (Å²) in [4.78, 5) is 24.6. The molecule has 0 spiro atoms. The zero-order valence-electron chi connectivity index (χ0n) is 16.4. The first-order valence-corrected chi connectivity index (χ1v) is 10.4. The van der Waals surface area contributed by atoms with Crippen LogP contribution in [0, 0.1) is 0 Å². The second kappa shape index (κ2) is 10.5. The van der Waals surface area contributed by atoms with E-state index in [1.807, 2.05) is 0 Å². The fourth-order valence-electron chi connectivity index (χ4n) is 2.88. The Morgan fingerprint density at radius 3 is 2.33 bits per heavy atom. The standard InChI is InChI=1S/C19H29NO6S/c1-5-6-7-10-13-19(25-3,15(2)21)14-18(22)20-16-11-8-9-12-17(16)27(23,24)26-4/h8-9,11-12H,5-7,10,13-14H2,1-4H3,(H,20,22). The van der Waals surface area contributed by atoms with E-state index in [1.165, 1.54) is 32.2 Å². The summed E-state index contributed by atoms with van der Waals surface area (Å²) in [5, 5.41) is 2.57. The number of para-hydroxylation sites is 1. The second-order valence-corrected chi connectivity index (χ2v) is 8.09. The molecule has 0 saturated heterocycles. The summed E-state index contributed by atoms with van der Waals surface area (Å²) in [7, 11) is -1.51. The summed E-state index contributed by atoms with van der Waals surface area (Å²) in [6.07, 6.45) is 4.07. The molecule has 0 aliphatic rings. The van der Waals surface area contributed by atoms with Gasteiger partial charge < -0.3 is 10.1 Å². The maximum atomic E-state index is 12.6. The fourth-order valence-corrected chi connectivity index (χ4v) is 3.69. The van der Waals surface area contributed by atoms with Gasteiger partial charge in [0.2, 0.25) is 5.91 Å². The van der Waals surface area contributed by atoms with E-state index in [0.29, 0.717) is 6.42 Å². The van der Waals surface area contributed by atoms with Crippen molar-refractivity contribution in [2.75, 3.05) is 19.5 Å². The Balaban J connectivity index is 2.97. The molecule has 1 aromatic rings. The van der Waals surface area contributed by atoms with Crippen molar-refractivity contribution in [3.05, 3.63) is 24.3 Å². The molecule has 0 radical (unpaired) electrons. The number of methoxy groups -OCH3 is 1.